The largest absolute Gasteiger partial charge is 0.505 e. The van der Waals surface area contributed by atoms with Gasteiger partial charge in [0.25, 0.3) is 5.91 Å². The number of halogens is 2. The molecular formula is C25H18ClFN4O3. The van der Waals surface area contributed by atoms with Gasteiger partial charge in [0, 0.05) is 23.2 Å². The lowest BCUT2D eigenvalue weighted by Gasteiger charge is -2.11. The maximum Gasteiger partial charge on any atom is 0.252 e. The Balaban J connectivity index is 1.62. The normalized spacial score (nSPS) is 11.2. The molecular weight excluding hydrogens is 459 g/mol. The van der Waals surface area contributed by atoms with E-state index in [1.54, 1.807) is 48.7 Å². The number of carbonyl (C=O) groups excluding carboxylic acids is 1. The minimum absolute atomic E-state index is 0.111. The van der Waals surface area contributed by atoms with Crippen molar-refractivity contribution in [2.75, 3.05) is 0 Å². The van der Waals surface area contributed by atoms with Crippen molar-refractivity contribution in [1.29, 1.82) is 0 Å². The Morgan fingerprint density at radius 3 is 2.62 bits per heavy atom. The van der Waals surface area contributed by atoms with E-state index in [2.05, 4.69) is 15.3 Å². The van der Waals surface area contributed by atoms with Gasteiger partial charge in [-0.1, -0.05) is 35.9 Å². The highest BCUT2D eigenvalue weighted by Gasteiger charge is 2.24. The fourth-order valence-corrected chi connectivity index (χ4v) is 4.17. The topological polar surface area (TPSA) is 100 Å². The molecule has 2 aromatic carbocycles. The number of phenolic OH excluding ortho intramolecular Hbond substituents is 1. The van der Waals surface area contributed by atoms with E-state index in [1.807, 2.05) is 0 Å². The van der Waals surface area contributed by atoms with Crippen LogP contribution in [0.1, 0.15) is 21.6 Å². The van der Waals surface area contributed by atoms with Gasteiger partial charge in [0.2, 0.25) is 5.88 Å². The zero-order valence-electron chi connectivity index (χ0n) is 17.7. The van der Waals surface area contributed by atoms with E-state index in [0.29, 0.717) is 21.6 Å². The van der Waals surface area contributed by atoms with E-state index < -0.39 is 5.91 Å². The molecule has 7 nitrogen and oxygen atoms in total. The summed E-state index contributed by atoms with van der Waals surface area (Å²) in [6.45, 7) is 0.337. The standard InChI is InChI=1S/C25H18ClFN4O3/c26-19-5-1-3-16(30-19)11-29-24(33)20-17-4-2-10-28-22(17)23(32)21-18(20)13-31(25(21)34)12-14-6-8-15(27)9-7-14/h1-10,13,32,34H,11-12H2,(H,29,33). The minimum Gasteiger partial charge on any atom is -0.505 e. The number of nitrogens with zero attached hydrogens (tertiary/aromatic N) is 3. The first-order valence-electron chi connectivity index (χ1n) is 10.4. The predicted molar refractivity (Wildman–Crippen MR) is 126 cm³/mol. The number of phenols is 1. The molecule has 9 heteroatoms. The summed E-state index contributed by atoms with van der Waals surface area (Å²) in [5, 5.41) is 25.9. The highest BCUT2D eigenvalue weighted by molar-refractivity contribution is 6.29. The molecule has 3 aromatic heterocycles. The van der Waals surface area contributed by atoms with Crippen LogP contribution >= 0.6 is 11.6 Å². The maximum atomic E-state index is 13.3. The van der Waals surface area contributed by atoms with Crippen molar-refractivity contribution in [3.63, 3.8) is 0 Å². The SMILES string of the molecule is O=C(NCc1cccc(Cl)n1)c1c2cccnc2c(O)c2c(O)n(Cc3ccc(F)cc3)cc12. The van der Waals surface area contributed by atoms with Crippen LogP contribution in [0, 0.1) is 5.82 Å². The van der Waals surface area contributed by atoms with Crippen LogP contribution in [-0.2, 0) is 13.1 Å². The lowest BCUT2D eigenvalue weighted by Crippen LogP contribution is -2.24. The summed E-state index contributed by atoms with van der Waals surface area (Å²) in [5.74, 6) is -1.25. The summed E-state index contributed by atoms with van der Waals surface area (Å²) >= 11 is 5.93. The van der Waals surface area contributed by atoms with Crippen LogP contribution in [0.5, 0.6) is 11.6 Å². The molecule has 0 aliphatic heterocycles. The first-order valence-corrected chi connectivity index (χ1v) is 10.8. The molecule has 0 radical (unpaired) electrons. The third-order valence-corrected chi connectivity index (χ3v) is 5.76. The first kappa shape index (κ1) is 21.7. The highest BCUT2D eigenvalue weighted by Crippen LogP contribution is 2.42. The summed E-state index contributed by atoms with van der Waals surface area (Å²) in [5.41, 5.74) is 1.76. The van der Waals surface area contributed by atoms with Gasteiger partial charge in [-0.25, -0.2) is 9.37 Å². The smallest absolute Gasteiger partial charge is 0.252 e. The Labute approximate surface area is 198 Å². The summed E-state index contributed by atoms with van der Waals surface area (Å²) in [4.78, 5) is 21.7. The second kappa shape index (κ2) is 8.64. The molecule has 0 aliphatic rings. The maximum absolute atomic E-state index is 13.3. The number of amides is 1. The van der Waals surface area contributed by atoms with E-state index in [9.17, 15) is 19.4 Å². The molecule has 0 spiro atoms. The molecule has 0 saturated carbocycles. The van der Waals surface area contributed by atoms with Crippen LogP contribution in [0.2, 0.25) is 5.15 Å². The predicted octanol–water partition coefficient (Wildman–Crippen LogP) is 4.77. The number of pyridine rings is 2. The number of aromatic nitrogens is 3. The third kappa shape index (κ3) is 3.88. The average molecular weight is 477 g/mol. The van der Waals surface area contributed by atoms with Crippen molar-refractivity contribution >= 4 is 39.2 Å². The molecule has 5 aromatic rings. The molecule has 0 saturated heterocycles. The molecule has 3 N–H and O–H groups in total. The van der Waals surface area contributed by atoms with Gasteiger partial charge in [-0.2, -0.15) is 0 Å². The first-order chi connectivity index (χ1) is 16.4. The molecule has 3 heterocycles. The van der Waals surface area contributed by atoms with Crippen molar-refractivity contribution in [3.8, 4) is 11.6 Å². The number of fused-ring (bicyclic) bond motifs is 2. The van der Waals surface area contributed by atoms with Crippen molar-refractivity contribution in [1.82, 2.24) is 19.9 Å². The number of benzene rings is 2. The number of aromatic hydroxyl groups is 2. The molecule has 0 aliphatic carbocycles. The minimum atomic E-state index is -0.427. The quantitative estimate of drug-likeness (QED) is 0.317. The fraction of sp³-hybridized carbons (Fsp3) is 0.0800. The second-order valence-corrected chi connectivity index (χ2v) is 8.14. The summed E-state index contributed by atoms with van der Waals surface area (Å²) in [6, 6.07) is 14.3. The summed E-state index contributed by atoms with van der Waals surface area (Å²) in [6.07, 6.45) is 3.09. The zero-order valence-corrected chi connectivity index (χ0v) is 18.4. The van der Waals surface area contributed by atoms with Crippen molar-refractivity contribution in [2.24, 2.45) is 0 Å². The Morgan fingerprint density at radius 1 is 1.06 bits per heavy atom. The van der Waals surface area contributed by atoms with Gasteiger partial charge >= 0.3 is 0 Å². The highest BCUT2D eigenvalue weighted by atomic mass is 35.5. The Kier molecular flexibility index (Phi) is 5.51. The Hall–Kier alpha value is -4.17. The molecule has 170 valence electrons. The number of hydrogen-bond donors (Lipinski definition) is 3. The summed E-state index contributed by atoms with van der Waals surface area (Å²) < 4.78 is 14.8. The van der Waals surface area contributed by atoms with E-state index in [0.717, 1.165) is 5.56 Å². The van der Waals surface area contributed by atoms with E-state index >= 15 is 0 Å². The van der Waals surface area contributed by atoms with Crippen LogP contribution in [-0.4, -0.2) is 30.7 Å². The molecule has 5 rings (SSSR count). The van der Waals surface area contributed by atoms with Crippen molar-refractivity contribution in [3.05, 3.63) is 94.8 Å². The fourth-order valence-electron chi connectivity index (χ4n) is 3.99. The molecule has 0 unspecified atom stereocenters. The van der Waals surface area contributed by atoms with Crippen molar-refractivity contribution < 1.29 is 19.4 Å². The van der Waals surface area contributed by atoms with Gasteiger partial charge in [-0.05, 0) is 35.9 Å². The lowest BCUT2D eigenvalue weighted by molar-refractivity contribution is 0.0953. The van der Waals surface area contributed by atoms with Gasteiger partial charge in [-0.3, -0.25) is 9.78 Å². The molecule has 1 amide bonds. The molecule has 0 bridgehead atoms. The number of hydrogen-bond acceptors (Lipinski definition) is 5. The molecule has 0 atom stereocenters. The number of carbonyl (C=O) groups is 1. The van der Waals surface area contributed by atoms with Crippen LogP contribution in [0.4, 0.5) is 4.39 Å². The van der Waals surface area contributed by atoms with Crippen LogP contribution < -0.4 is 5.32 Å². The van der Waals surface area contributed by atoms with Crippen LogP contribution in [0.25, 0.3) is 21.7 Å². The van der Waals surface area contributed by atoms with Crippen molar-refractivity contribution in [2.45, 2.75) is 13.1 Å². The Morgan fingerprint density at radius 2 is 1.85 bits per heavy atom. The number of nitrogens with one attached hydrogen (secondary N) is 1. The van der Waals surface area contributed by atoms with E-state index in [1.165, 1.54) is 22.9 Å². The second-order valence-electron chi connectivity index (χ2n) is 7.75. The zero-order chi connectivity index (χ0) is 23.8. The number of rotatable bonds is 5. The van der Waals surface area contributed by atoms with Gasteiger partial charge in [0.1, 0.15) is 16.5 Å². The third-order valence-electron chi connectivity index (χ3n) is 5.55. The van der Waals surface area contributed by atoms with Gasteiger partial charge < -0.3 is 20.1 Å². The molecule has 0 fully saturated rings. The van der Waals surface area contributed by atoms with Gasteiger partial charge in [0.05, 0.1) is 29.7 Å². The van der Waals surface area contributed by atoms with E-state index in [4.69, 9.17) is 11.6 Å². The Bertz CT molecular complexity index is 1550. The van der Waals surface area contributed by atoms with Crippen LogP contribution in [0.15, 0.2) is 67.0 Å². The van der Waals surface area contributed by atoms with Gasteiger partial charge in [0.15, 0.2) is 5.75 Å². The van der Waals surface area contributed by atoms with Crippen LogP contribution in [0.3, 0.4) is 0 Å². The lowest BCUT2D eigenvalue weighted by atomic mass is 10.0. The van der Waals surface area contributed by atoms with E-state index in [-0.39, 0.29) is 47.0 Å². The summed E-state index contributed by atoms with van der Waals surface area (Å²) in [7, 11) is 0. The average Bonchev–Trinajstić information content (AvgIpc) is 3.15. The monoisotopic (exact) mass is 476 g/mol. The van der Waals surface area contributed by atoms with Gasteiger partial charge in [-0.15, -0.1) is 0 Å². The molecule has 34 heavy (non-hydrogen) atoms.